The molecular formula is C20H28N4O. The Morgan fingerprint density at radius 3 is 2.60 bits per heavy atom. The maximum absolute atomic E-state index is 12.9. The van der Waals surface area contributed by atoms with E-state index in [0.29, 0.717) is 0 Å². The van der Waals surface area contributed by atoms with E-state index >= 15 is 0 Å². The number of rotatable bonds is 4. The van der Waals surface area contributed by atoms with Gasteiger partial charge in [-0.25, -0.2) is 4.98 Å². The van der Waals surface area contributed by atoms with E-state index in [1.54, 1.807) is 0 Å². The van der Waals surface area contributed by atoms with Crippen LogP contribution in [0.25, 0.3) is 0 Å². The van der Waals surface area contributed by atoms with Crippen LogP contribution in [0.3, 0.4) is 0 Å². The average Bonchev–Trinajstić information content (AvgIpc) is 2.87. The van der Waals surface area contributed by atoms with Gasteiger partial charge in [-0.05, 0) is 25.8 Å². The van der Waals surface area contributed by atoms with E-state index in [2.05, 4.69) is 45.6 Å². The summed E-state index contributed by atoms with van der Waals surface area (Å²) in [6, 6.07) is 8.30. The number of benzene rings is 1. The normalized spacial score (nSPS) is 17.3. The van der Waals surface area contributed by atoms with Crippen LogP contribution in [-0.2, 0) is 18.4 Å². The first-order valence-electron chi connectivity index (χ1n) is 9.08. The largest absolute Gasteiger partial charge is 0.341 e. The predicted octanol–water partition coefficient (Wildman–Crippen LogP) is 2.57. The minimum absolute atomic E-state index is 0.0818. The van der Waals surface area contributed by atoms with Gasteiger partial charge in [0, 0.05) is 45.6 Å². The number of amides is 1. The number of hydrogen-bond donors (Lipinski definition) is 0. The maximum atomic E-state index is 12.9. The molecule has 1 aromatic heterocycles. The van der Waals surface area contributed by atoms with E-state index in [4.69, 9.17) is 0 Å². The molecule has 25 heavy (non-hydrogen) atoms. The smallest absolute Gasteiger partial charge is 0.229 e. The van der Waals surface area contributed by atoms with E-state index in [1.807, 2.05) is 31.3 Å². The third-order valence-electron chi connectivity index (χ3n) is 5.13. The lowest BCUT2D eigenvalue weighted by Crippen LogP contribution is -2.37. The van der Waals surface area contributed by atoms with Gasteiger partial charge in [0.15, 0.2) is 0 Å². The van der Waals surface area contributed by atoms with Crippen molar-refractivity contribution < 1.29 is 4.79 Å². The summed E-state index contributed by atoms with van der Waals surface area (Å²) >= 11 is 0. The molecule has 1 atom stereocenters. The molecule has 1 saturated heterocycles. The van der Waals surface area contributed by atoms with E-state index in [0.717, 1.165) is 50.5 Å². The molecule has 134 valence electrons. The van der Waals surface area contributed by atoms with Crippen LogP contribution in [0.2, 0.25) is 0 Å². The lowest BCUT2D eigenvalue weighted by molar-refractivity contribution is -0.132. The van der Waals surface area contributed by atoms with Crippen molar-refractivity contribution in [2.75, 3.05) is 26.2 Å². The summed E-state index contributed by atoms with van der Waals surface area (Å²) in [4.78, 5) is 21.7. The summed E-state index contributed by atoms with van der Waals surface area (Å²) in [5.74, 6) is 1.23. The lowest BCUT2D eigenvalue weighted by atomic mass is 9.98. The SMILES string of the molecule is Cc1ccc([C@@H](C)C(=O)N2CCCN(Cc3nccn3C)CC2)cc1. The molecule has 0 spiro atoms. The fourth-order valence-corrected chi connectivity index (χ4v) is 3.37. The second-order valence-corrected chi connectivity index (χ2v) is 7.04. The van der Waals surface area contributed by atoms with Crippen molar-refractivity contribution in [3.63, 3.8) is 0 Å². The Morgan fingerprint density at radius 1 is 1.16 bits per heavy atom. The van der Waals surface area contributed by atoms with Crippen LogP contribution in [0.1, 0.15) is 36.2 Å². The number of nitrogens with zero attached hydrogens (tertiary/aromatic N) is 4. The highest BCUT2D eigenvalue weighted by atomic mass is 16.2. The highest BCUT2D eigenvalue weighted by molar-refractivity contribution is 5.83. The highest BCUT2D eigenvalue weighted by Gasteiger charge is 2.24. The number of carbonyl (C=O) groups excluding carboxylic acids is 1. The summed E-state index contributed by atoms with van der Waals surface area (Å²) in [7, 11) is 2.03. The molecule has 2 aromatic rings. The van der Waals surface area contributed by atoms with Crippen molar-refractivity contribution in [2.24, 2.45) is 7.05 Å². The molecule has 5 heteroatoms. The number of imidazole rings is 1. The first kappa shape index (κ1) is 17.7. The molecule has 1 aromatic carbocycles. The topological polar surface area (TPSA) is 41.4 Å². The quantitative estimate of drug-likeness (QED) is 0.859. The molecule has 3 rings (SSSR count). The van der Waals surface area contributed by atoms with E-state index in [-0.39, 0.29) is 11.8 Å². The Balaban J connectivity index is 1.59. The molecule has 1 fully saturated rings. The number of aromatic nitrogens is 2. The molecule has 5 nitrogen and oxygen atoms in total. The second kappa shape index (κ2) is 7.83. The summed E-state index contributed by atoms with van der Waals surface area (Å²) in [5, 5.41) is 0. The third-order valence-corrected chi connectivity index (χ3v) is 5.13. The molecule has 0 saturated carbocycles. The Hall–Kier alpha value is -2.14. The highest BCUT2D eigenvalue weighted by Crippen LogP contribution is 2.20. The standard InChI is InChI=1S/C20H28N4O/c1-16-5-7-18(8-6-16)17(2)20(25)24-11-4-10-23(13-14-24)15-19-21-9-12-22(19)3/h5-9,12,17H,4,10-11,13-15H2,1-3H3/t17-/m1/s1. The second-order valence-electron chi connectivity index (χ2n) is 7.04. The number of aryl methyl sites for hydroxylation is 2. The van der Waals surface area contributed by atoms with E-state index < -0.39 is 0 Å². The first-order chi connectivity index (χ1) is 12.0. The summed E-state index contributed by atoms with van der Waals surface area (Å²) in [6.07, 6.45) is 4.83. The van der Waals surface area contributed by atoms with Gasteiger partial charge in [-0.2, -0.15) is 0 Å². The van der Waals surface area contributed by atoms with Gasteiger partial charge in [0.2, 0.25) is 5.91 Å². The maximum Gasteiger partial charge on any atom is 0.229 e. The van der Waals surface area contributed by atoms with Crippen molar-refractivity contribution in [3.05, 3.63) is 53.6 Å². The van der Waals surface area contributed by atoms with Crippen LogP contribution >= 0.6 is 0 Å². The molecular weight excluding hydrogens is 312 g/mol. The van der Waals surface area contributed by atoms with Gasteiger partial charge < -0.3 is 9.47 Å². The van der Waals surface area contributed by atoms with Crippen LogP contribution in [0.4, 0.5) is 0 Å². The predicted molar refractivity (Wildman–Crippen MR) is 99.3 cm³/mol. The third kappa shape index (κ3) is 4.28. The Bertz CT molecular complexity index is 707. The monoisotopic (exact) mass is 340 g/mol. The van der Waals surface area contributed by atoms with Gasteiger partial charge in [0.05, 0.1) is 12.5 Å². The van der Waals surface area contributed by atoms with Crippen molar-refractivity contribution in [1.29, 1.82) is 0 Å². The molecule has 0 bridgehead atoms. The fraction of sp³-hybridized carbons (Fsp3) is 0.500. The minimum atomic E-state index is -0.0818. The van der Waals surface area contributed by atoms with E-state index in [1.165, 1.54) is 5.56 Å². The summed E-state index contributed by atoms with van der Waals surface area (Å²) in [5.41, 5.74) is 2.33. The summed E-state index contributed by atoms with van der Waals surface area (Å²) < 4.78 is 2.06. The molecule has 1 amide bonds. The zero-order chi connectivity index (χ0) is 17.8. The number of hydrogen-bond acceptors (Lipinski definition) is 3. The van der Waals surface area contributed by atoms with Gasteiger partial charge >= 0.3 is 0 Å². The van der Waals surface area contributed by atoms with Gasteiger partial charge in [-0.15, -0.1) is 0 Å². The van der Waals surface area contributed by atoms with Gasteiger partial charge in [0.25, 0.3) is 0 Å². The lowest BCUT2D eigenvalue weighted by Gasteiger charge is -2.25. The molecule has 2 heterocycles. The molecule has 0 unspecified atom stereocenters. The Morgan fingerprint density at radius 2 is 1.92 bits per heavy atom. The van der Waals surface area contributed by atoms with Crippen molar-refractivity contribution >= 4 is 5.91 Å². The van der Waals surface area contributed by atoms with Crippen LogP contribution in [0.15, 0.2) is 36.7 Å². The van der Waals surface area contributed by atoms with Crippen LogP contribution < -0.4 is 0 Å². The van der Waals surface area contributed by atoms with Crippen molar-refractivity contribution in [2.45, 2.75) is 32.7 Å². The van der Waals surface area contributed by atoms with Gasteiger partial charge in [-0.3, -0.25) is 9.69 Å². The number of carbonyl (C=O) groups is 1. The zero-order valence-electron chi connectivity index (χ0n) is 15.5. The first-order valence-corrected chi connectivity index (χ1v) is 9.08. The molecule has 0 radical (unpaired) electrons. The molecule has 0 N–H and O–H groups in total. The van der Waals surface area contributed by atoms with Crippen LogP contribution in [0, 0.1) is 6.92 Å². The van der Waals surface area contributed by atoms with Gasteiger partial charge in [-0.1, -0.05) is 29.8 Å². The fourth-order valence-electron chi connectivity index (χ4n) is 3.37. The minimum Gasteiger partial charge on any atom is -0.341 e. The average molecular weight is 340 g/mol. The Kier molecular flexibility index (Phi) is 5.53. The summed E-state index contributed by atoms with van der Waals surface area (Å²) in [6.45, 7) is 8.48. The zero-order valence-corrected chi connectivity index (χ0v) is 15.5. The van der Waals surface area contributed by atoms with E-state index in [9.17, 15) is 4.79 Å². The molecule has 1 aliphatic rings. The van der Waals surface area contributed by atoms with Crippen molar-refractivity contribution in [1.82, 2.24) is 19.4 Å². The van der Waals surface area contributed by atoms with Crippen LogP contribution in [-0.4, -0.2) is 51.4 Å². The van der Waals surface area contributed by atoms with Gasteiger partial charge in [0.1, 0.15) is 5.82 Å². The van der Waals surface area contributed by atoms with Crippen molar-refractivity contribution in [3.8, 4) is 0 Å². The van der Waals surface area contributed by atoms with Crippen LogP contribution in [0.5, 0.6) is 0 Å². The molecule has 1 aliphatic heterocycles. The molecule has 0 aliphatic carbocycles. The Labute approximate surface area is 150 Å².